The van der Waals surface area contributed by atoms with E-state index in [-0.39, 0.29) is 23.6 Å². The van der Waals surface area contributed by atoms with E-state index < -0.39 is 15.5 Å². The van der Waals surface area contributed by atoms with E-state index in [0.29, 0.717) is 5.56 Å². The molecule has 5 nitrogen and oxygen atoms in total. The minimum Gasteiger partial charge on any atom is -0.396 e. The van der Waals surface area contributed by atoms with Crippen LogP contribution in [0.4, 0.5) is 18.9 Å². The van der Waals surface area contributed by atoms with Crippen molar-refractivity contribution in [1.29, 1.82) is 0 Å². The fraction of sp³-hybridized carbons (Fsp3) is 0.188. The van der Waals surface area contributed by atoms with Crippen LogP contribution in [0.15, 0.2) is 59.8 Å². The van der Waals surface area contributed by atoms with Crippen LogP contribution in [0.2, 0.25) is 0 Å². The van der Waals surface area contributed by atoms with Gasteiger partial charge in [-0.2, -0.15) is 21.6 Å². The molecular formula is C16H15F3N2O3S. The Labute approximate surface area is 143 Å². The monoisotopic (exact) mass is 372 g/mol. The molecule has 0 amide bonds. The van der Waals surface area contributed by atoms with Gasteiger partial charge in [0.15, 0.2) is 0 Å². The Morgan fingerprint density at radius 1 is 1.08 bits per heavy atom. The van der Waals surface area contributed by atoms with Crippen molar-refractivity contribution in [3.8, 4) is 0 Å². The highest BCUT2D eigenvalue weighted by atomic mass is 32.2. The van der Waals surface area contributed by atoms with Crippen LogP contribution in [0, 0.1) is 0 Å². The predicted molar refractivity (Wildman–Crippen MR) is 88.7 cm³/mol. The zero-order chi connectivity index (χ0) is 18.5. The van der Waals surface area contributed by atoms with Gasteiger partial charge in [-0.05, 0) is 13.0 Å². The molecule has 1 N–H and O–H groups in total. The molecule has 0 bridgehead atoms. The van der Waals surface area contributed by atoms with Crippen LogP contribution >= 0.6 is 0 Å². The van der Waals surface area contributed by atoms with Gasteiger partial charge < -0.3 is 4.84 Å². The third-order valence-electron chi connectivity index (χ3n) is 3.06. The lowest BCUT2D eigenvalue weighted by Crippen LogP contribution is -2.30. The average Bonchev–Trinajstić information content (AvgIpc) is 2.56. The molecule has 0 radical (unpaired) electrons. The van der Waals surface area contributed by atoms with Crippen molar-refractivity contribution >= 4 is 21.4 Å². The first-order valence-corrected chi connectivity index (χ1v) is 8.68. The van der Waals surface area contributed by atoms with Gasteiger partial charge in [-0.3, -0.25) is 4.72 Å². The molecular weight excluding hydrogens is 357 g/mol. The predicted octanol–water partition coefficient (Wildman–Crippen LogP) is 3.74. The van der Waals surface area contributed by atoms with Crippen LogP contribution in [0.25, 0.3) is 0 Å². The topological polar surface area (TPSA) is 67.8 Å². The third kappa shape index (κ3) is 4.50. The quantitative estimate of drug-likeness (QED) is 0.620. The maximum absolute atomic E-state index is 12.7. The standard InChI is InChI=1S/C16H15F3N2O3S/c1-2-24-20-15(12-8-4-3-5-9-12)13-10-6-7-11-14(13)21-25(22,23)16(17,18)19/h3-11,21H,2H2,1H3. The van der Waals surface area contributed by atoms with E-state index in [9.17, 15) is 21.6 Å². The number of hydrogen-bond donors (Lipinski definition) is 1. The molecule has 0 aliphatic heterocycles. The van der Waals surface area contributed by atoms with Crippen LogP contribution < -0.4 is 4.72 Å². The molecule has 25 heavy (non-hydrogen) atoms. The van der Waals surface area contributed by atoms with Gasteiger partial charge in [0.05, 0.1) is 5.69 Å². The molecule has 0 saturated heterocycles. The van der Waals surface area contributed by atoms with Crippen LogP contribution in [-0.4, -0.2) is 26.2 Å². The fourth-order valence-corrected chi connectivity index (χ4v) is 2.55. The summed E-state index contributed by atoms with van der Waals surface area (Å²) >= 11 is 0. The van der Waals surface area contributed by atoms with Gasteiger partial charge in [-0.15, -0.1) is 0 Å². The maximum Gasteiger partial charge on any atom is 0.516 e. The third-order valence-corrected chi connectivity index (χ3v) is 4.16. The summed E-state index contributed by atoms with van der Waals surface area (Å²) in [6, 6.07) is 14.2. The second-order valence-corrected chi connectivity index (χ2v) is 6.49. The van der Waals surface area contributed by atoms with E-state index in [4.69, 9.17) is 4.84 Å². The van der Waals surface area contributed by atoms with Gasteiger partial charge >= 0.3 is 15.5 Å². The molecule has 0 aliphatic rings. The molecule has 0 aromatic heterocycles. The van der Waals surface area contributed by atoms with Crippen molar-refractivity contribution in [2.24, 2.45) is 5.16 Å². The van der Waals surface area contributed by atoms with E-state index >= 15 is 0 Å². The minimum atomic E-state index is -5.56. The van der Waals surface area contributed by atoms with Gasteiger partial charge in [0.2, 0.25) is 0 Å². The molecule has 0 heterocycles. The lowest BCUT2D eigenvalue weighted by molar-refractivity contribution is -0.0429. The normalized spacial score (nSPS) is 12.7. The highest BCUT2D eigenvalue weighted by Gasteiger charge is 2.46. The molecule has 0 saturated carbocycles. The first kappa shape index (κ1) is 18.8. The zero-order valence-corrected chi connectivity index (χ0v) is 13.9. The Morgan fingerprint density at radius 3 is 2.28 bits per heavy atom. The Bertz CT molecular complexity index is 850. The summed E-state index contributed by atoms with van der Waals surface area (Å²) in [5.74, 6) is 0. The number of rotatable bonds is 6. The molecule has 0 fully saturated rings. The summed E-state index contributed by atoms with van der Waals surface area (Å²) in [4.78, 5) is 5.05. The van der Waals surface area contributed by atoms with E-state index in [1.807, 2.05) is 0 Å². The first-order chi connectivity index (χ1) is 11.8. The number of sulfonamides is 1. The minimum absolute atomic E-state index is 0.162. The van der Waals surface area contributed by atoms with Crippen molar-refractivity contribution in [2.45, 2.75) is 12.4 Å². The Kier molecular flexibility index (Phi) is 5.68. The summed E-state index contributed by atoms with van der Waals surface area (Å²) in [6.07, 6.45) is 0. The molecule has 0 aliphatic carbocycles. The molecule has 9 heteroatoms. The fourth-order valence-electron chi connectivity index (χ4n) is 1.96. The SMILES string of the molecule is CCON=C(c1ccccc1)c1ccccc1NS(=O)(=O)C(F)(F)F. The van der Waals surface area contributed by atoms with Crippen molar-refractivity contribution in [3.05, 3.63) is 65.7 Å². The summed E-state index contributed by atoms with van der Waals surface area (Å²) in [6.45, 7) is 1.94. The highest BCUT2D eigenvalue weighted by molar-refractivity contribution is 7.93. The number of para-hydroxylation sites is 1. The number of benzene rings is 2. The molecule has 134 valence electrons. The molecule has 2 aromatic rings. The van der Waals surface area contributed by atoms with Crippen molar-refractivity contribution in [3.63, 3.8) is 0 Å². The second-order valence-electron chi connectivity index (χ2n) is 4.82. The maximum atomic E-state index is 12.7. The van der Waals surface area contributed by atoms with Gasteiger partial charge in [0.1, 0.15) is 12.3 Å². The van der Waals surface area contributed by atoms with E-state index in [1.54, 1.807) is 48.0 Å². The van der Waals surface area contributed by atoms with Gasteiger partial charge in [0, 0.05) is 11.1 Å². The lowest BCUT2D eigenvalue weighted by Gasteiger charge is -2.15. The molecule has 0 atom stereocenters. The number of nitrogens with one attached hydrogen (secondary N) is 1. The van der Waals surface area contributed by atoms with Crippen molar-refractivity contribution in [2.75, 3.05) is 11.3 Å². The number of alkyl halides is 3. The number of nitrogens with zero attached hydrogens (tertiary/aromatic N) is 1. The van der Waals surface area contributed by atoms with Crippen molar-refractivity contribution < 1.29 is 26.4 Å². The number of halogens is 3. The van der Waals surface area contributed by atoms with Gasteiger partial charge in [-0.25, -0.2) is 0 Å². The summed E-state index contributed by atoms with van der Waals surface area (Å²) in [5, 5.41) is 3.94. The second kappa shape index (κ2) is 7.56. The summed E-state index contributed by atoms with van der Waals surface area (Å²) in [7, 11) is -5.56. The Morgan fingerprint density at radius 2 is 1.68 bits per heavy atom. The molecule has 2 rings (SSSR count). The Hall–Kier alpha value is -2.55. The van der Waals surface area contributed by atoms with E-state index in [2.05, 4.69) is 5.16 Å². The highest BCUT2D eigenvalue weighted by Crippen LogP contribution is 2.28. The number of anilines is 1. The number of hydrogen-bond acceptors (Lipinski definition) is 4. The molecule has 0 spiro atoms. The van der Waals surface area contributed by atoms with Crippen LogP contribution in [-0.2, 0) is 14.9 Å². The van der Waals surface area contributed by atoms with Gasteiger partial charge in [-0.1, -0.05) is 53.7 Å². The first-order valence-electron chi connectivity index (χ1n) is 7.20. The van der Waals surface area contributed by atoms with Crippen LogP contribution in [0.5, 0.6) is 0 Å². The van der Waals surface area contributed by atoms with Crippen LogP contribution in [0.1, 0.15) is 18.1 Å². The molecule has 2 aromatic carbocycles. The smallest absolute Gasteiger partial charge is 0.396 e. The number of oxime groups is 1. The van der Waals surface area contributed by atoms with Gasteiger partial charge in [0.25, 0.3) is 0 Å². The van der Waals surface area contributed by atoms with Crippen LogP contribution in [0.3, 0.4) is 0 Å². The summed E-state index contributed by atoms with van der Waals surface area (Å²) in [5.41, 5.74) is -4.74. The summed E-state index contributed by atoms with van der Waals surface area (Å²) < 4.78 is 62.5. The van der Waals surface area contributed by atoms with Crippen molar-refractivity contribution in [1.82, 2.24) is 0 Å². The van der Waals surface area contributed by atoms with E-state index in [1.165, 1.54) is 18.2 Å². The Balaban J connectivity index is 2.54. The lowest BCUT2D eigenvalue weighted by atomic mass is 10.0. The average molecular weight is 372 g/mol. The largest absolute Gasteiger partial charge is 0.516 e. The molecule has 0 unspecified atom stereocenters. The zero-order valence-electron chi connectivity index (χ0n) is 13.1. The van der Waals surface area contributed by atoms with E-state index in [0.717, 1.165) is 0 Å².